The van der Waals surface area contributed by atoms with Crippen LogP contribution >= 0.6 is 15.9 Å². The fourth-order valence-electron chi connectivity index (χ4n) is 0.769. The third-order valence-electron chi connectivity index (χ3n) is 1.61. The van der Waals surface area contributed by atoms with Crippen molar-refractivity contribution < 1.29 is 8.42 Å². The van der Waals surface area contributed by atoms with E-state index in [2.05, 4.69) is 25.6 Å². The summed E-state index contributed by atoms with van der Waals surface area (Å²) in [6.45, 7) is 1.31. The van der Waals surface area contributed by atoms with Crippen LogP contribution in [0.3, 0.4) is 0 Å². The normalized spacial score (nSPS) is 12.9. The molecule has 0 bridgehead atoms. The fraction of sp³-hybridized carbons (Fsp3) is 0.250. The zero-order valence-corrected chi connectivity index (χ0v) is 10.2. The maximum Gasteiger partial charge on any atom is 0.250 e. The Labute approximate surface area is 96.3 Å². The fourth-order valence-corrected chi connectivity index (χ4v) is 1.83. The Hall–Kier alpha value is -1.13. The molecule has 0 aromatic carbocycles. The number of hydrogen-bond acceptors (Lipinski definition) is 4. The molecule has 1 atom stereocenters. The third kappa shape index (κ3) is 3.18. The topological polar surface area (TPSA) is 82.8 Å². The summed E-state index contributed by atoms with van der Waals surface area (Å²) in [7, 11) is -3.67. The molecule has 0 amide bonds. The number of nitriles is 1. The number of halogens is 1. The minimum atomic E-state index is -3.67. The molecular weight excluding hydrogens is 282 g/mol. The summed E-state index contributed by atoms with van der Waals surface area (Å²) in [6.07, 6.45) is 0. The van der Waals surface area contributed by atoms with Crippen molar-refractivity contribution in [3.8, 4) is 6.07 Å². The van der Waals surface area contributed by atoms with Gasteiger partial charge in [-0.25, -0.2) is 13.4 Å². The average Bonchev–Trinajstić information content (AvgIpc) is 2.15. The van der Waals surface area contributed by atoms with E-state index in [9.17, 15) is 8.42 Å². The minimum Gasteiger partial charge on any atom is -0.266 e. The van der Waals surface area contributed by atoms with Gasteiger partial charge in [0.2, 0.25) is 10.0 Å². The van der Waals surface area contributed by atoms with Gasteiger partial charge in [-0.05, 0) is 35.0 Å². The van der Waals surface area contributed by atoms with Crippen LogP contribution in [0.25, 0.3) is 0 Å². The van der Waals surface area contributed by atoms with E-state index in [1.165, 1.54) is 13.0 Å². The van der Waals surface area contributed by atoms with Crippen LogP contribution in [0.2, 0.25) is 0 Å². The molecular formula is C8H8BrN3O2S. The van der Waals surface area contributed by atoms with Gasteiger partial charge in [-0.2, -0.15) is 5.26 Å². The lowest BCUT2D eigenvalue weighted by molar-refractivity contribution is 0.597. The molecule has 0 aliphatic rings. The number of nitrogens with zero attached hydrogens (tertiary/aromatic N) is 2. The molecule has 5 nitrogen and oxygen atoms in total. The van der Waals surface area contributed by atoms with Crippen molar-refractivity contribution in [1.29, 1.82) is 5.26 Å². The smallest absolute Gasteiger partial charge is 0.250 e. The maximum atomic E-state index is 11.5. The minimum absolute atomic E-state index is 0.187. The van der Waals surface area contributed by atoms with E-state index in [-0.39, 0.29) is 5.82 Å². The van der Waals surface area contributed by atoms with Crippen LogP contribution in [0.5, 0.6) is 0 Å². The van der Waals surface area contributed by atoms with Gasteiger partial charge < -0.3 is 0 Å². The molecule has 0 fully saturated rings. The van der Waals surface area contributed by atoms with E-state index in [0.717, 1.165) is 0 Å². The van der Waals surface area contributed by atoms with Gasteiger partial charge in [0.05, 0.1) is 6.07 Å². The monoisotopic (exact) mass is 289 g/mol. The molecule has 1 aromatic rings. The molecule has 0 spiro atoms. The van der Waals surface area contributed by atoms with Crippen molar-refractivity contribution in [2.75, 3.05) is 4.72 Å². The summed E-state index contributed by atoms with van der Waals surface area (Å²) in [5.41, 5.74) is 0. The highest BCUT2D eigenvalue weighted by Gasteiger charge is 2.20. The Morgan fingerprint density at radius 1 is 1.60 bits per heavy atom. The van der Waals surface area contributed by atoms with Gasteiger partial charge in [0.25, 0.3) is 0 Å². The zero-order chi connectivity index (χ0) is 11.5. The standard InChI is InChI=1S/C8H8BrN3O2S/c1-6(5-10)15(13,14)12-8-4-2-3-7(9)11-8/h2-4,6H,1H3,(H,11,12). The Kier molecular flexibility index (Phi) is 3.66. The predicted molar refractivity (Wildman–Crippen MR) is 59.6 cm³/mol. The molecule has 15 heavy (non-hydrogen) atoms. The van der Waals surface area contributed by atoms with Gasteiger partial charge in [0.1, 0.15) is 10.4 Å². The molecule has 1 heterocycles. The van der Waals surface area contributed by atoms with Gasteiger partial charge in [0, 0.05) is 0 Å². The highest BCUT2D eigenvalue weighted by Crippen LogP contribution is 2.12. The van der Waals surface area contributed by atoms with E-state index in [1.807, 2.05) is 0 Å². The van der Waals surface area contributed by atoms with Crippen LogP contribution < -0.4 is 4.72 Å². The summed E-state index contributed by atoms with van der Waals surface area (Å²) in [6, 6.07) is 6.47. The van der Waals surface area contributed by atoms with Crippen molar-refractivity contribution in [2.24, 2.45) is 0 Å². The van der Waals surface area contributed by atoms with Crippen LogP contribution in [-0.4, -0.2) is 18.7 Å². The molecule has 1 rings (SSSR count). The molecule has 0 aliphatic heterocycles. The Morgan fingerprint density at radius 2 is 2.27 bits per heavy atom. The van der Waals surface area contributed by atoms with Gasteiger partial charge >= 0.3 is 0 Å². The second-order valence-electron chi connectivity index (χ2n) is 2.76. The van der Waals surface area contributed by atoms with Crippen molar-refractivity contribution in [1.82, 2.24) is 4.98 Å². The number of aromatic nitrogens is 1. The van der Waals surface area contributed by atoms with Crippen molar-refractivity contribution in [2.45, 2.75) is 12.2 Å². The predicted octanol–water partition coefficient (Wildman–Crippen LogP) is 1.50. The number of pyridine rings is 1. The van der Waals surface area contributed by atoms with E-state index in [1.54, 1.807) is 18.2 Å². The molecule has 1 unspecified atom stereocenters. The summed E-state index contributed by atoms with van der Waals surface area (Å²) in [5.74, 6) is 0.187. The molecule has 1 aromatic heterocycles. The van der Waals surface area contributed by atoms with E-state index >= 15 is 0 Å². The molecule has 1 N–H and O–H groups in total. The first-order chi connectivity index (χ1) is 6.95. The van der Waals surface area contributed by atoms with Crippen LogP contribution in [0.4, 0.5) is 5.82 Å². The van der Waals surface area contributed by atoms with Crippen LogP contribution in [0.1, 0.15) is 6.92 Å². The van der Waals surface area contributed by atoms with E-state index in [0.29, 0.717) is 4.60 Å². The maximum absolute atomic E-state index is 11.5. The van der Waals surface area contributed by atoms with E-state index in [4.69, 9.17) is 5.26 Å². The lowest BCUT2D eigenvalue weighted by Gasteiger charge is -2.07. The number of nitrogens with one attached hydrogen (secondary N) is 1. The zero-order valence-electron chi connectivity index (χ0n) is 7.81. The van der Waals surface area contributed by atoms with Gasteiger partial charge in [-0.3, -0.25) is 4.72 Å². The summed E-state index contributed by atoms with van der Waals surface area (Å²) >= 11 is 3.11. The highest BCUT2D eigenvalue weighted by atomic mass is 79.9. The summed E-state index contributed by atoms with van der Waals surface area (Å²) in [4.78, 5) is 3.89. The highest BCUT2D eigenvalue weighted by molar-refractivity contribution is 9.10. The lowest BCUT2D eigenvalue weighted by Crippen LogP contribution is -2.24. The van der Waals surface area contributed by atoms with Gasteiger partial charge in [-0.15, -0.1) is 0 Å². The Balaban J connectivity index is 2.93. The van der Waals surface area contributed by atoms with Crippen LogP contribution in [0.15, 0.2) is 22.8 Å². The molecule has 0 aliphatic carbocycles. The van der Waals surface area contributed by atoms with Crippen molar-refractivity contribution >= 4 is 31.8 Å². The largest absolute Gasteiger partial charge is 0.266 e. The lowest BCUT2D eigenvalue weighted by atomic mass is 10.5. The second kappa shape index (κ2) is 4.59. The molecule has 7 heteroatoms. The molecule has 80 valence electrons. The third-order valence-corrected chi connectivity index (χ3v) is 3.58. The number of hydrogen-bond donors (Lipinski definition) is 1. The molecule has 0 saturated carbocycles. The van der Waals surface area contributed by atoms with Gasteiger partial charge in [0.15, 0.2) is 5.25 Å². The average molecular weight is 290 g/mol. The van der Waals surface area contributed by atoms with Crippen LogP contribution in [-0.2, 0) is 10.0 Å². The Morgan fingerprint density at radius 3 is 2.80 bits per heavy atom. The number of sulfonamides is 1. The second-order valence-corrected chi connectivity index (χ2v) is 5.58. The van der Waals surface area contributed by atoms with Crippen molar-refractivity contribution in [3.63, 3.8) is 0 Å². The summed E-state index contributed by atoms with van der Waals surface area (Å²) < 4.78 is 25.6. The number of anilines is 1. The summed E-state index contributed by atoms with van der Waals surface area (Å²) in [5, 5.41) is 7.39. The first kappa shape index (κ1) is 11.9. The molecule has 0 saturated heterocycles. The number of rotatable bonds is 3. The van der Waals surface area contributed by atoms with E-state index < -0.39 is 15.3 Å². The first-order valence-electron chi connectivity index (χ1n) is 3.99. The quantitative estimate of drug-likeness (QED) is 0.855. The first-order valence-corrected chi connectivity index (χ1v) is 6.33. The van der Waals surface area contributed by atoms with Crippen molar-refractivity contribution in [3.05, 3.63) is 22.8 Å². The SMILES string of the molecule is CC(C#N)S(=O)(=O)Nc1cccc(Br)n1. The Bertz CT molecular complexity index is 495. The van der Waals surface area contributed by atoms with Crippen LogP contribution in [0, 0.1) is 11.3 Å². The molecule has 0 radical (unpaired) electrons. The van der Waals surface area contributed by atoms with Gasteiger partial charge in [-0.1, -0.05) is 6.07 Å².